The maximum absolute atomic E-state index is 13.3. The Balaban J connectivity index is 2.66. The minimum atomic E-state index is -1.11. The molecule has 0 saturated carbocycles. The van der Waals surface area contributed by atoms with Crippen LogP contribution in [0.1, 0.15) is 6.42 Å². The molecule has 0 spiro atoms. The van der Waals surface area contributed by atoms with Crippen LogP contribution in [0.3, 0.4) is 0 Å². The van der Waals surface area contributed by atoms with Crippen LogP contribution in [-0.4, -0.2) is 30.7 Å². The number of carboxylic acids is 1. The molecule has 0 aliphatic carbocycles. The van der Waals surface area contributed by atoms with E-state index in [1.807, 2.05) is 0 Å². The van der Waals surface area contributed by atoms with Crippen molar-refractivity contribution in [3.8, 4) is 0 Å². The number of benzene rings is 1. The maximum atomic E-state index is 13.3. The summed E-state index contributed by atoms with van der Waals surface area (Å²) in [6, 6.07) is 2.10. The van der Waals surface area contributed by atoms with Gasteiger partial charge in [-0.05, 0) is 18.6 Å². The number of hydrogen-bond donors (Lipinski definition) is 2. The van der Waals surface area contributed by atoms with E-state index in [4.69, 9.17) is 10.8 Å². The van der Waals surface area contributed by atoms with E-state index in [9.17, 15) is 13.6 Å². The number of carboxylic acid groups (broad SMARTS) is 1. The van der Waals surface area contributed by atoms with Crippen LogP contribution >= 0.6 is 0 Å². The van der Waals surface area contributed by atoms with Gasteiger partial charge in [0.2, 0.25) is 0 Å². The maximum Gasteiger partial charge on any atom is 0.320 e. The predicted octanol–water partition coefficient (Wildman–Crippen LogP) is 1.20. The molecule has 1 atom stereocenters. The number of halogens is 2. The first-order valence-corrected chi connectivity index (χ1v) is 5.06. The zero-order valence-electron chi connectivity index (χ0n) is 9.36. The number of rotatable bonds is 5. The highest BCUT2D eigenvalue weighted by Crippen LogP contribution is 2.19. The quantitative estimate of drug-likeness (QED) is 0.816. The summed E-state index contributed by atoms with van der Waals surface area (Å²) < 4.78 is 26.3. The van der Waals surface area contributed by atoms with Gasteiger partial charge in [0.25, 0.3) is 0 Å². The second-order valence-electron chi connectivity index (χ2n) is 3.75. The number of anilines is 1. The summed E-state index contributed by atoms with van der Waals surface area (Å²) in [4.78, 5) is 11.9. The first-order chi connectivity index (χ1) is 7.91. The number of nitrogens with two attached hydrogens (primary N) is 1. The average Bonchev–Trinajstić information content (AvgIpc) is 2.28. The van der Waals surface area contributed by atoms with E-state index >= 15 is 0 Å². The van der Waals surface area contributed by atoms with Crippen molar-refractivity contribution in [1.82, 2.24) is 0 Å². The van der Waals surface area contributed by atoms with Crippen LogP contribution < -0.4 is 10.6 Å². The fraction of sp³-hybridized carbons (Fsp3) is 0.364. The second kappa shape index (κ2) is 5.58. The largest absolute Gasteiger partial charge is 0.480 e. The van der Waals surface area contributed by atoms with E-state index in [-0.39, 0.29) is 18.7 Å². The molecule has 0 aliphatic heterocycles. The Morgan fingerprint density at radius 3 is 2.76 bits per heavy atom. The molecule has 3 N–H and O–H groups in total. The van der Waals surface area contributed by atoms with Gasteiger partial charge < -0.3 is 15.7 Å². The Morgan fingerprint density at radius 1 is 1.53 bits per heavy atom. The van der Waals surface area contributed by atoms with Crippen molar-refractivity contribution in [3.63, 3.8) is 0 Å². The van der Waals surface area contributed by atoms with Gasteiger partial charge in [0, 0.05) is 19.7 Å². The van der Waals surface area contributed by atoms with Crippen molar-refractivity contribution in [1.29, 1.82) is 0 Å². The fourth-order valence-corrected chi connectivity index (χ4v) is 1.36. The smallest absolute Gasteiger partial charge is 0.320 e. The lowest BCUT2D eigenvalue weighted by atomic mass is 10.2. The van der Waals surface area contributed by atoms with Crippen LogP contribution in [0.2, 0.25) is 0 Å². The van der Waals surface area contributed by atoms with Crippen LogP contribution in [0, 0.1) is 11.6 Å². The van der Waals surface area contributed by atoms with Crippen LogP contribution in [0.15, 0.2) is 18.2 Å². The first-order valence-electron chi connectivity index (χ1n) is 5.06. The summed E-state index contributed by atoms with van der Waals surface area (Å²) in [5.41, 5.74) is 5.40. The molecule has 4 nitrogen and oxygen atoms in total. The lowest BCUT2D eigenvalue weighted by Crippen LogP contribution is -2.34. The summed E-state index contributed by atoms with van der Waals surface area (Å²) in [5, 5.41) is 8.59. The summed E-state index contributed by atoms with van der Waals surface area (Å²) >= 11 is 0. The number of aliphatic carboxylic acids is 1. The minimum absolute atomic E-state index is 0.0857. The Morgan fingerprint density at radius 2 is 2.18 bits per heavy atom. The summed E-state index contributed by atoms with van der Waals surface area (Å²) in [6.45, 7) is 0.230. The number of nitrogens with zero attached hydrogens (tertiary/aromatic N) is 1. The second-order valence-corrected chi connectivity index (χ2v) is 3.75. The molecule has 0 heterocycles. The molecule has 94 valence electrons. The van der Waals surface area contributed by atoms with Gasteiger partial charge in [-0.25, -0.2) is 8.78 Å². The van der Waals surface area contributed by atoms with Crippen LogP contribution in [-0.2, 0) is 4.79 Å². The van der Waals surface area contributed by atoms with Crippen molar-refractivity contribution < 1.29 is 18.7 Å². The molecular weight excluding hydrogens is 230 g/mol. The summed E-state index contributed by atoms with van der Waals surface area (Å²) in [5.74, 6) is -2.22. The highest BCUT2D eigenvalue weighted by molar-refractivity contribution is 5.73. The Labute approximate surface area is 97.6 Å². The van der Waals surface area contributed by atoms with Crippen LogP contribution in [0.5, 0.6) is 0 Å². The lowest BCUT2D eigenvalue weighted by molar-refractivity contribution is -0.138. The van der Waals surface area contributed by atoms with Crippen LogP contribution in [0.25, 0.3) is 0 Å². The van der Waals surface area contributed by atoms with Gasteiger partial charge in [-0.15, -0.1) is 0 Å². The fourth-order valence-electron chi connectivity index (χ4n) is 1.36. The molecule has 0 amide bonds. The monoisotopic (exact) mass is 244 g/mol. The molecule has 1 rings (SSSR count). The zero-order valence-corrected chi connectivity index (χ0v) is 9.36. The van der Waals surface area contributed by atoms with Gasteiger partial charge in [-0.2, -0.15) is 0 Å². The van der Waals surface area contributed by atoms with Crippen molar-refractivity contribution >= 4 is 11.7 Å². The third-order valence-corrected chi connectivity index (χ3v) is 2.41. The normalized spacial score (nSPS) is 12.2. The van der Waals surface area contributed by atoms with Gasteiger partial charge in [0.15, 0.2) is 0 Å². The molecular formula is C11H14F2N2O2. The van der Waals surface area contributed by atoms with E-state index in [0.29, 0.717) is 0 Å². The van der Waals surface area contributed by atoms with Crippen molar-refractivity contribution in [2.45, 2.75) is 12.5 Å². The topological polar surface area (TPSA) is 66.6 Å². The van der Waals surface area contributed by atoms with Crippen molar-refractivity contribution in [2.24, 2.45) is 5.73 Å². The summed E-state index contributed by atoms with van der Waals surface area (Å²) in [7, 11) is 1.55. The van der Waals surface area contributed by atoms with Gasteiger partial charge in [-0.3, -0.25) is 4.79 Å². The first kappa shape index (κ1) is 13.4. The van der Waals surface area contributed by atoms with E-state index in [1.54, 1.807) is 7.05 Å². The van der Waals surface area contributed by atoms with Crippen molar-refractivity contribution in [2.75, 3.05) is 18.5 Å². The minimum Gasteiger partial charge on any atom is -0.480 e. The molecule has 17 heavy (non-hydrogen) atoms. The standard InChI is InChI=1S/C11H14F2N2O2/c1-15(5-4-9(14)11(16)17)10-6-7(12)2-3-8(10)13/h2-3,6,9H,4-5,14H2,1H3,(H,16,17). The van der Waals surface area contributed by atoms with E-state index in [0.717, 1.165) is 18.2 Å². The lowest BCUT2D eigenvalue weighted by Gasteiger charge is -2.20. The zero-order chi connectivity index (χ0) is 13.0. The molecule has 1 unspecified atom stereocenters. The predicted molar refractivity (Wildman–Crippen MR) is 59.9 cm³/mol. The average molecular weight is 244 g/mol. The molecule has 1 aromatic rings. The Kier molecular flexibility index (Phi) is 4.39. The Hall–Kier alpha value is -1.69. The molecule has 0 saturated heterocycles. The molecule has 0 aliphatic rings. The highest BCUT2D eigenvalue weighted by atomic mass is 19.1. The van der Waals surface area contributed by atoms with Crippen LogP contribution in [0.4, 0.5) is 14.5 Å². The van der Waals surface area contributed by atoms with E-state index in [2.05, 4.69) is 0 Å². The summed E-state index contributed by atoms with van der Waals surface area (Å²) in [6.07, 6.45) is 0.155. The SMILES string of the molecule is CN(CCC(N)C(=O)O)c1cc(F)ccc1F. The van der Waals surface area contributed by atoms with Gasteiger partial charge >= 0.3 is 5.97 Å². The molecule has 1 aromatic carbocycles. The van der Waals surface area contributed by atoms with E-state index < -0.39 is 23.6 Å². The van der Waals surface area contributed by atoms with Gasteiger partial charge in [-0.1, -0.05) is 0 Å². The third kappa shape index (κ3) is 3.67. The molecule has 0 aromatic heterocycles. The molecule has 6 heteroatoms. The van der Waals surface area contributed by atoms with Gasteiger partial charge in [0.05, 0.1) is 5.69 Å². The highest BCUT2D eigenvalue weighted by Gasteiger charge is 2.14. The van der Waals surface area contributed by atoms with E-state index in [1.165, 1.54) is 4.90 Å². The molecule has 0 fully saturated rings. The third-order valence-electron chi connectivity index (χ3n) is 2.41. The number of carbonyl (C=O) groups is 1. The molecule has 0 bridgehead atoms. The molecule has 0 radical (unpaired) electrons. The Bertz CT molecular complexity index is 412. The number of hydrogen-bond acceptors (Lipinski definition) is 3. The van der Waals surface area contributed by atoms with Crippen molar-refractivity contribution in [3.05, 3.63) is 29.8 Å². The van der Waals surface area contributed by atoms with Gasteiger partial charge in [0.1, 0.15) is 17.7 Å².